The minimum atomic E-state index is 0.624. The van der Waals surface area contributed by atoms with Crippen LogP contribution in [0.5, 0.6) is 5.75 Å². The summed E-state index contributed by atoms with van der Waals surface area (Å²) in [5.41, 5.74) is 3.83. The third-order valence-corrected chi connectivity index (χ3v) is 5.52. The number of aromatic amines is 1. The van der Waals surface area contributed by atoms with Gasteiger partial charge in [-0.2, -0.15) is 0 Å². The molecule has 160 valence electrons. The van der Waals surface area contributed by atoms with Gasteiger partial charge < -0.3 is 15.0 Å². The number of ether oxygens (including phenoxy) is 1. The van der Waals surface area contributed by atoms with E-state index < -0.39 is 0 Å². The van der Waals surface area contributed by atoms with Crippen LogP contribution in [0.3, 0.4) is 0 Å². The summed E-state index contributed by atoms with van der Waals surface area (Å²) in [7, 11) is 0. The monoisotopic (exact) mass is 407 g/mol. The Kier molecular flexibility index (Phi) is 7.14. The predicted octanol–water partition coefficient (Wildman–Crippen LogP) is 6.74. The van der Waals surface area contributed by atoms with E-state index in [2.05, 4.69) is 36.1 Å². The fourth-order valence-corrected chi connectivity index (χ4v) is 4.17. The van der Waals surface area contributed by atoms with Gasteiger partial charge in [0.2, 0.25) is 5.95 Å². The number of nitrogens with one attached hydrogen (secondary N) is 2. The van der Waals surface area contributed by atoms with Crippen LogP contribution in [0.2, 0.25) is 0 Å². The summed E-state index contributed by atoms with van der Waals surface area (Å²) < 4.78 is 5.40. The number of hydrogen-bond donors (Lipinski definition) is 2. The van der Waals surface area contributed by atoms with Crippen LogP contribution in [0.25, 0.3) is 11.0 Å². The first-order valence-electron chi connectivity index (χ1n) is 10.8. The molecule has 2 aromatic carbocycles. The van der Waals surface area contributed by atoms with E-state index in [9.17, 15) is 4.79 Å². The molecule has 0 aliphatic heterocycles. The lowest BCUT2D eigenvalue weighted by atomic mass is 9.73. The Morgan fingerprint density at radius 3 is 2.60 bits per heavy atom. The van der Waals surface area contributed by atoms with Gasteiger partial charge in [-0.1, -0.05) is 33.6 Å². The van der Waals surface area contributed by atoms with E-state index in [-0.39, 0.29) is 0 Å². The van der Waals surface area contributed by atoms with Crippen molar-refractivity contribution in [3.63, 3.8) is 0 Å². The molecule has 1 saturated carbocycles. The first-order chi connectivity index (χ1) is 14.4. The Bertz CT molecular complexity index is 960. The highest BCUT2D eigenvalue weighted by molar-refractivity contribution is 5.86. The molecule has 1 aromatic heterocycles. The average Bonchev–Trinajstić information content (AvgIpc) is 3.10. The maximum absolute atomic E-state index is 10.8. The van der Waals surface area contributed by atoms with Crippen LogP contribution in [0.1, 0.15) is 63.7 Å². The van der Waals surface area contributed by atoms with E-state index in [0.717, 1.165) is 34.7 Å². The highest BCUT2D eigenvalue weighted by atomic mass is 16.5. The summed E-state index contributed by atoms with van der Waals surface area (Å²) in [6, 6.07) is 13.0. The largest absolute Gasteiger partial charge is 0.494 e. The first kappa shape index (κ1) is 21.9. The van der Waals surface area contributed by atoms with Gasteiger partial charge in [0.15, 0.2) is 0 Å². The number of carbonyl (C=O) groups excluding carboxylic acids is 1. The van der Waals surface area contributed by atoms with Crippen molar-refractivity contribution in [3.8, 4) is 5.75 Å². The lowest BCUT2D eigenvalue weighted by Crippen LogP contribution is -2.20. The van der Waals surface area contributed by atoms with Crippen LogP contribution < -0.4 is 10.1 Å². The summed E-state index contributed by atoms with van der Waals surface area (Å²) in [5.74, 6) is 2.45. The molecule has 1 heterocycles. The zero-order valence-electron chi connectivity index (χ0n) is 18.5. The van der Waals surface area contributed by atoms with Gasteiger partial charge in [0, 0.05) is 11.3 Å². The third kappa shape index (κ3) is 6.09. The van der Waals surface area contributed by atoms with Gasteiger partial charge in [-0.05, 0) is 73.6 Å². The number of benzene rings is 2. The fourth-order valence-electron chi connectivity index (χ4n) is 4.17. The van der Waals surface area contributed by atoms with E-state index in [1.54, 1.807) is 12.1 Å². The van der Waals surface area contributed by atoms with E-state index in [0.29, 0.717) is 23.5 Å². The van der Waals surface area contributed by atoms with E-state index in [4.69, 9.17) is 4.74 Å². The molecule has 0 bridgehead atoms. The van der Waals surface area contributed by atoms with Gasteiger partial charge in [0.1, 0.15) is 12.0 Å². The highest BCUT2D eigenvalue weighted by Gasteiger charge is 2.24. The van der Waals surface area contributed by atoms with Crippen LogP contribution >= 0.6 is 0 Å². The van der Waals surface area contributed by atoms with Gasteiger partial charge in [-0.25, -0.2) is 4.98 Å². The van der Waals surface area contributed by atoms with Crippen molar-refractivity contribution in [2.24, 2.45) is 11.3 Å². The molecular formula is C25H33N3O2. The Hall–Kier alpha value is -2.82. The number of H-pyrrole nitrogens is 1. The molecule has 30 heavy (non-hydrogen) atoms. The maximum Gasteiger partial charge on any atom is 0.205 e. The van der Waals surface area contributed by atoms with E-state index in [1.165, 1.54) is 25.7 Å². The number of fused-ring (bicyclic) bond motifs is 1. The molecular weight excluding hydrogens is 374 g/mol. The number of rotatable bonds is 5. The Morgan fingerprint density at radius 1 is 1.23 bits per heavy atom. The number of aldehydes is 1. The maximum atomic E-state index is 10.8. The molecule has 1 unspecified atom stereocenters. The summed E-state index contributed by atoms with van der Waals surface area (Å²) in [6.07, 6.45) is 6.61. The van der Waals surface area contributed by atoms with Gasteiger partial charge in [0.05, 0.1) is 17.6 Å². The second-order valence-corrected chi connectivity index (χ2v) is 8.93. The van der Waals surface area contributed by atoms with Crippen molar-refractivity contribution < 1.29 is 9.53 Å². The smallest absolute Gasteiger partial charge is 0.205 e. The minimum Gasteiger partial charge on any atom is -0.494 e. The van der Waals surface area contributed by atoms with Crippen molar-refractivity contribution in [1.29, 1.82) is 0 Å². The molecule has 0 saturated heterocycles. The first-order valence-corrected chi connectivity index (χ1v) is 10.8. The molecule has 1 aliphatic rings. The van der Waals surface area contributed by atoms with Gasteiger partial charge in [-0.15, -0.1) is 0 Å². The topological polar surface area (TPSA) is 67.0 Å². The molecule has 0 radical (unpaired) electrons. The van der Waals surface area contributed by atoms with Gasteiger partial charge in [-0.3, -0.25) is 4.79 Å². The van der Waals surface area contributed by atoms with Crippen molar-refractivity contribution in [2.45, 2.75) is 53.4 Å². The fraction of sp³-hybridized carbons (Fsp3) is 0.440. The van der Waals surface area contributed by atoms with Gasteiger partial charge >= 0.3 is 0 Å². The summed E-state index contributed by atoms with van der Waals surface area (Å²) in [4.78, 5) is 18.3. The molecule has 3 aromatic rings. The van der Waals surface area contributed by atoms with Crippen molar-refractivity contribution in [3.05, 3.63) is 48.0 Å². The minimum absolute atomic E-state index is 0.624. The van der Waals surface area contributed by atoms with E-state index in [1.807, 2.05) is 37.3 Å². The normalized spacial score (nSPS) is 17.7. The van der Waals surface area contributed by atoms with Crippen molar-refractivity contribution >= 4 is 29.0 Å². The lowest BCUT2D eigenvalue weighted by Gasteiger charge is -2.33. The molecule has 0 spiro atoms. The zero-order valence-corrected chi connectivity index (χ0v) is 18.5. The standard InChI is InChI=1S/C16H15N3O2.C9H18/c1-2-21-13-6-4-12(5-7-13)17-16-18-14-8-3-11(10-20)9-15(14)19-16;1-8-5-4-6-9(2,3)7-8/h3-10H,2H2,1H3,(H2,17,18,19);8H,4-7H2,1-3H3. The van der Waals surface area contributed by atoms with Crippen LogP contribution in [0, 0.1) is 11.3 Å². The Balaban J connectivity index is 0.000000239. The van der Waals surface area contributed by atoms with Crippen molar-refractivity contribution in [1.82, 2.24) is 9.97 Å². The molecule has 4 rings (SSSR count). The molecule has 2 N–H and O–H groups in total. The summed E-state index contributed by atoms with van der Waals surface area (Å²) >= 11 is 0. The summed E-state index contributed by atoms with van der Waals surface area (Å²) in [6.45, 7) is 9.76. The Morgan fingerprint density at radius 2 is 2.00 bits per heavy atom. The van der Waals surface area contributed by atoms with E-state index >= 15 is 0 Å². The van der Waals surface area contributed by atoms with Crippen molar-refractivity contribution in [2.75, 3.05) is 11.9 Å². The number of carbonyl (C=O) groups is 1. The molecule has 1 aliphatic carbocycles. The van der Waals surface area contributed by atoms with Crippen LogP contribution in [0.4, 0.5) is 11.6 Å². The molecule has 1 fully saturated rings. The van der Waals surface area contributed by atoms with Crippen LogP contribution in [-0.2, 0) is 0 Å². The second-order valence-electron chi connectivity index (χ2n) is 8.93. The van der Waals surface area contributed by atoms with Gasteiger partial charge in [0.25, 0.3) is 0 Å². The second kappa shape index (κ2) is 9.79. The molecule has 0 amide bonds. The third-order valence-electron chi connectivity index (χ3n) is 5.52. The SMILES string of the molecule is CC1CCCC(C)(C)C1.CCOc1ccc(Nc2nc3ccc(C=O)cc3[nH]2)cc1. The number of anilines is 2. The quantitative estimate of drug-likeness (QED) is 0.460. The van der Waals surface area contributed by atoms with Crippen LogP contribution in [0.15, 0.2) is 42.5 Å². The number of imidazole rings is 1. The number of nitrogens with zero attached hydrogens (tertiary/aromatic N) is 1. The Labute approximate surface area is 179 Å². The molecule has 5 nitrogen and oxygen atoms in total. The predicted molar refractivity (Wildman–Crippen MR) is 124 cm³/mol. The summed E-state index contributed by atoms with van der Waals surface area (Å²) in [5, 5.41) is 3.19. The average molecular weight is 408 g/mol. The molecule has 1 atom stereocenters. The highest BCUT2D eigenvalue weighted by Crippen LogP contribution is 2.37. The van der Waals surface area contributed by atoms with Crippen LogP contribution in [-0.4, -0.2) is 22.9 Å². The lowest BCUT2D eigenvalue weighted by molar-refractivity contribution is 0.112. The zero-order chi connectivity index (χ0) is 21.6. The number of aromatic nitrogens is 2. The number of hydrogen-bond acceptors (Lipinski definition) is 4. The molecule has 5 heteroatoms.